The van der Waals surface area contributed by atoms with Gasteiger partial charge < -0.3 is 19.6 Å². The molecule has 0 heterocycles. The molecule has 140 valence electrons. The molecule has 0 fully saturated rings. The van der Waals surface area contributed by atoms with Gasteiger partial charge in [0.15, 0.2) is 11.5 Å². The Balaban J connectivity index is 2.00. The summed E-state index contributed by atoms with van der Waals surface area (Å²) < 4.78 is 18.1. The van der Waals surface area contributed by atoms with Crippen LogP contribution in [0.2, 0.25) is 0 Å². The average molecular weight is 486 g/mol. The van der Waals surface area contributed by atoms with Gasteiger partial charge >= 0.3 is 0 Å². The topological polar surface area (TPSA) is 52.1 Å². The lowest BCUT2D eigenvalue weighted by atomic mass is 10.2. The van der Waals surface area contributed by atoms with E-state index in [1.54, 1.807) is 20.4 Å². The van der Waals surface area contributed by atoms with E-state index in [4.69, 9.17) is 14.2 Å². The van der Waals surface area contributed by atoms with Crippen molar-refractivity contribution in [2.24, 2.45) is 5.10 Å². The Morgan fingerprint density at radius 1 is 1.04 bits per heavy atom. The fraction of sp³-hybridized carbons (Fsp3) is 0.316. The SMILES string of the molecule is COc1ccc(CN/N=C/c2cc(Br)c(OC(C)C)c(Br)c2)cc1OC. The summed E-state index contributed by atoms with van der Waals surface area (Å²) in [6.07, 6.45) is 1.86. The third-order valence-electron chi connectivity index (χ3n) is 3.41. The minimum absolute atomic E-state index is 0.102. The van der Waals surface area contributed by atoms with Crippen LogP contribution in [0.5, 0.6) is 17.2 Å². The summed E-state index contributed by atoms with van der Waals surface area (Å²) in [6.45, 7) is 4.56. The van der Waals surface area contributed by atoms with Crippen molar-refractivity contribution < 1.29 is 14.2 Å². The molecule has 0 atom stereocenters. The Kier molecular flexibility index (Phi) is 7.78. The van der Waals surface area contributed by atoms with Crippen LogP contribution in [0.15, 0.2) is 44.4 Å². The van der Waals surface area contributed by atoms with E-state index in [1.807, 2.05) is 44.2 Å². The van der Waals surface area contributed by atoms with Gasteiger partial charge in [-0.3, -0.25) is 0 Å². The summed E-state index contributed by atoms with van der Waals surface area (Å²) in [5, 5.41) is 4.28. The number of hydrazone groups is 1. The molecule has 1 N–H and O–H groups in total. The molecular weight excluding hydrogens is 464 g/mol. The average Bonchev–Trinajstić information content (AvgIpc) is 2.61. The van der Waals surface area contributed by atoms with Crippen molar-refractivity contribution in [3.05, 3.63) is 50.4 Å². The number of nitrogens with zero attached hydrogens (tertiary/aromatic N) is 1. The first-order valence-corrected chi connectivity index (χ1v) is 9.65. The largest absolute Gasteiger partial charge is 0.493 e. The van der Waals surface area contributed by atoms with Crippen molar-refractivity contribution in [1.29, 1.82) is 0 Å². The van der Waals surface area contributed by atoms with E-state index < -0.39 is 0 Å². The van der Waals surface area contributed by atoms with Crippen LogP contribution in [0, 0.1) is 0 Å². The molecule has 2 aromatic rings. The standard InChI is InChI=1S/C19H22Br2N2O3/c1-12(2)26-19-15(20)7-14(8-16(19)21)11-23-22-10-13-5-6-17(24-3)18(9-13)25-4/h5-9,11-12,22H,10H2,1-4H3/b23-11+. The zero-order valence-electron chi connectivity index (χ0n) is 15.2. The van der Waals surface area contributed by atoms with Crippen LogP contribution in [0.4, 0.5) is 0 Å². The molecule has 0 aliphatic heterocycles. The highest BCUT2D eigenvalue weighted by Gasteiger charge is 2.10. The van der Waals surface area contributed by atoms with Crippen molar-refractivity contribution >= 4 is 38.1 Å². The molecule has 0 saturated heterocycles. The fourth-order valence-corrected chi connectivity index (χ4v) is 3.66. The Hall–Kier alpha value is -1.73. The monoisotopic (exact) mass is 484 g/mol. The van der Waals surface area contributed by atoms with Gasteiger partial charge in [-0.1, -0.05) is 6.07 Å². The number of ether oxygens (including phenoxy) is 3. The number of hydrogen-bond donors (Lipinski definition) is 1. The molecule has 0 amide bonds. The summed E-state index contributed by atoms with van der Waals surface area (Å²) in [6, 6.07) is 9.69. The van der Waals surface area contributed by atoms with Crippen LogP contribution in [-0.4, -0.2) is 26.5 Å². The molecular formula is C19H22Br2N2O3. The Labute approximate surface area is 171 Å². The number of halogens is 2. The highest BCUT2D eigenvalue weighted by Crippen LogP contribution is 2.35. The molecule has 0 bridgehead atoms. The van der Waals surface area contributed by atoms with E-state index in [0.717, 1.165) is 25.8 Å². The predicted octanol–water partition coefficient (Wildman–Crippen LogP) is 5.14. The summed E-state index contributed by atoms with van der Waals surface area (Å²) in [7, 11) is 3.24. The molecule has 0 aliphatic rings. The molecule has 0 spiro atoms. The number of nitrogens with one attached hydrogen (secondary N) is 1. The van der Waals surface area contributed by atoms with Crippen molar-refractivity contribution in [3.8, 4) is 17.2 Å². The normalized spacial score (nSPS) is 11.0. The Morgan fingerprint density at radius 3 is 2.27 bits per heavy atom. The molecule has 7 heteroatoms. The van der Waals surface area contributed by atoms with E-state index in [0.29, 0.717) is 18.0 Å². The van der Waals surface area contributed by atoms with Gasteiger partial charge in [-0.05, 0) is 81.1 Å². The lowest BCUT2D eigenvalue weighted by Crippen LogP contribution is -2.07. The van der Waals surface area contributed by atoms with Crippen molar-refractivity contribution in [2.45, 2.75) is 26.5 Å². The third kappa shape index (κ3) is 5.64. The van der Waals surface area contributed by atoms with E-state index in [-0.39, 0.29) is 6.10 Å². The van der Waals surface area contributed by atoms with Crippen molar-refractivity contribution in [2.75, 3.05) is 14.2 Å². The zero-order valence-corrected chi connectivity index (χ0v) is 18.3. The molecule has 0 aliphatic carbocycles. The molecule has 0 saturated carbocycles. The maximum absolute atomic E-state index is 5.78. The summed E-state index contributed by atoms with van der Waals surface area (Å²) >= 11 is 7.08. The zero-order chi connectivity index (χ0) is 19.1. The minimum atomic E-state index is 0.102. The summed E-state index contributed by atoms with van der Waals surface area (Å²) in [4.78, 5) is 0. The van der Waals surface area contributed by atoms with Gasteiger partial charge in [0.2, 0.25) is 0 Å². The van der Waals surface area contributed by atoms with E-state index >= 15 is 0 Å². The lowest BCUT2D eigenvalue weighted by Gasteiger charge is -2.14. The second-order valence-corrected chi connectivity index (χ2v) is 7.47. The van der Waals surface area contributed by atoms with E-state index in [1.165, 1.54) is 0 Å². The van der Waals surface area contributed by atoms with Crippen LogP contribution in [-0.2, 0) is 6.54 Å². The predicted molar refractivity (Wildman–Crippen MR) is 112 cm³/mol. The van der Waals surface area contributed by atoms with Gasteiger partial charge in [0, 0.05) is 0 Å². The molecule has 26 heavy (non-hydrogen) atoms. The number of benzene rings is 2. The van der Waals surface area contributed by atoms with Gasteiger partial charge in [0.25, 0.3) is 0 Å². The molecule has 0 aromatic heterocycles. The van der Waals surface area contributed by atoms with Crippen molar-refractivity contribution in [1.82, 2.24) is 5.43 Å². The maximum atomic E-state index is 5.78. The number of rotatable bonds is 8. The van der Waals surface area contributed by atoms with Crippen LogP contribution in [0.3, 0.4) is 0 Å². The van der Waals surface area contributed by atoms with Crippen LogP contribution >= 0.6 is 31.9 Å². The van der Waals surface area contributed by atoms with Crippen LogP contribution in [0.1, 0.15) is 25.0 Å². The molecule has 2 aromatic carbocycles. The van der Waals surface area contributed by atoms with Gasteiger partial charge in [-0.2, -0.15) is 5.10 Å². The molecule has 0 unspecified atom stereocenters. The smallest absolute Gasteiger partial charge is 0.161 e. The number of hydrogen-bond acceptors (Lipinski definition) is 5. The molecule has 0 radical (unpaired) electrons. The van der Waals surface area contributed by atoms with Gasteiger partial charge in [0.1, 0.15) is 5.75 Å². The van der Waals surface area contributed by atoms with Gasteiger partial charge in [-0.25, -0.2) is 0 Å². The highest BCUT2D eigenvalue weighted by atomic mass is 79.9. The van der Waals surface area contributed by atoms with Crippen molar-refractivity contribution in [3.63, 3.8) is 0 Å². The lowest BCUT2D eigenvalue weighted by molar-refractivity contribution is 0.239. The van der Waals surface area contributed by atoms with Gasteiger partial charge in [0.05, 0.1) is 42.0 Å². The molecule has 5 nitrogen and oxygen atoms in total. The van der Waals surface area contributed by atoms with Gasteiger partial charge in [-0.15, -0.1) is 0 Å². The quantitative estimate of drug-likeness (QED) is 0.415. The maximum Gasteiger partial charge on any atom is 0.161 e. The highest BCUT2D eigenvalue weighted by molar-refractivity contribution is 9.11. The van der Waals surface area contributed by atoms with Crippen LogP contribution < -0.4 is 19.6 Å². The fourth-order valence-electron chi connectivity index (χ4n) is 2.25. The van der Waals surface area contributed by atoms with E-state index in [2.05, 4.69) is 42.4 Å². The summed E-state index contributed by atoms with van der Waals surface area (Å²) in [5.74, 6) is 2.19. The van der Waals surface area contributed by atoms with Crippen LogP contribution in [0.25, 0.3) is 0 Å². The molecule has 2 rings (SSSR count). The second-order valence-electron chi connectivity index (χ2n) is 5.76. The first-order chi connectivity index (χ1) is 12.4. The Morgan fingerprint density at radius 2 is 1.69 bits per heavy atom. The first kappa shape index (κ1) is 20.6. The number of methoxy groups -OCH3 is 2. The van der Waals surface area contributed by atoms with E-state index in [9.17, 15) is 0 Å². The second kappa shape index (κ2) is 9.83. The minimum Gasteiger partial charge on any atom is -0.493 e. The third-order valence-corrected chi connectivity index (χ3v) is 4.59. The summed E-state index contributed by atoms with van der Waals surface area (Å²) in [5.41, 5.74) is 5.02. The first-order valence-electron chi connectivity index (χ1n) is 8.07. The Bertz CT molecular complexity index is 756.